The fraction of sp³-hybridized carbons (Fsp3) is 0.400. The van der Waals surface area contributed by atoms with Gasteiger partial charge in [0.2, 0.25) is 5.52 Å². The van der Waals surface area contributed by atoms with Crippen molar-refractivity contribution in [1.82, 2.24) is 0 Å². The van der Waals surface area contributed by atoms with E-state index in [2.05, 4.69) is 18.2 Å². The van der Waals surface area contributed by atoms with Crippen molar-refractivity contribution in [3.05, 3.63) is 46.3 Å². The Labute approximate surface area is 100 Å². The quantitative estimate of drug-likeness (QED) is 0.500. The smallest absolute Gasteiger partial charge is 0.224 e. The molecule has 2 unspecified atom stereocenters. The van der Waals surface area contributed by atoms with E-state index in [1.165, 1.54) is 30.4 Å². The van der Waals surface area contributed by atoms with Gasteiger partial charge in [-0.3, -0.25) is 0 Å². The first-order valence-electron chi connectivity index (χ1n) is 6.42. The van der Waals surface area contributed by atoms with Gasteiger partial charge < -0.3 is 5.21 Å². The fourth-order valence-corrected chi connectivity index (χ4v) is 3.67. The van der Waals surface area contributed by atoms with Crippen LogP contribution in [0.15, 0.2) is 24.3 Å². The molecule has 1 saturated carbocycles. The van der Waals surface area contributed by atoms with E-state index in [9.17, 15) is 5.21 Å². The lowest BCUT2D eigenvalue weighted by Crippen LogP contribution is -2.32. The van der Waals surface area contributed by atoms with Crippen LogP contribution in [0.25, 0.3) is 10.9 Å². The molecule has 1 aromatic heterocycles. The summed E-state index contributed by atoms with van der Waals surface area (Å²) in [6.45, 7) is 1.87. The van der Waals surface area contributed by atoms with Gasteiger partial charge in [0.1, 0.15) is 0 Å². The van der Waals surface area contributed by atoms with E-state index >= 15 is 0 Å². The molecular formula is C15H15NO. The molecule has 0 bridgehead atoms. The van der Waals surface area contributed by atoms with Crippen LogP contribution >= 0.6 is 0 Å². The lowest BCUT2D eigenvalue weighted by atomic mass is 9.69. The molecule has 4 rings (SSSR count). The average Bonchev–Trinajstić information content (AvgIpc) is 2.75. The van der Waals surface area contributed by atoms with Crippen LogP contribution in [0, 0.1) is 12.1 Å². The lowest BCUT2D eigenvalue weighted by molar-refractivity contribution is -0.584. The zero-order valence-electron chi connectivity index (χ0n) is 9.94. The average molecular weight is 225 g/mol. The highest BCUT2D eigenvalue weighted by molar-refractivity contribution is 5.80. The molecule has 2 atom stereocenters. The van der Waals surface area contributed by atoms with Crippen molar-refractivity contribution in [3.8, 4) is 0 Å². The van der Waals surface area contributed by atoms with Crippen molar-refractivity contribution in [3.63, 3.8) is 0 Å². The molecule has 2 aliphatic rings. The lowest BCUT2D eigenvalue weighted by Gasteiger charge is -2.34. The van der Waals surface area contributed by atoms with Crippen molar-refractivity contribution in [2.24, 2.45) is 0 Å². The topological polar surface area (TPSA) is 26.9 Å². The second-order valence-corrected chi connectivity index (χ2v) is 5.45. The van der Waals surface area contributed by atoms with Gasteiger partial charge in [-0.1, -0.05) is 6.42 Å². The minimum Gasteiger partial charge on any atom is -0.618 e. The van der Waals surface area contributed by atoms with E-state index in [-0.39, 0.29) is 0 Å². The van der Waals surface area contributed by atoms with Crippen LogP contribution in [0.4, 0.5) is 0 Å². The van der Waals surface area contributed by atoms with Gasteiger partial charge in [0, 0.05) is 24.4 Å². The molecule has 0 saturated heterocycles. The molecule has 1 fully saturated rings. The summed E-state index contributed by atoms with van der Waals surface area (Å²) >= 11 is 0. The molecule has 2 heteroatoms. The number of benzene rings is 1. The number of aryl methyl sites for hydroxylation is 1. The van der Waals surface area contributed by atoms with Gasteiger partial charge in [0.15, 0.2) is 5.69 Å². The zero-order valence-corrected chi connectivity index (χ0v) is 9.94. The second kappa shape index (κ2) is 3.00. The zero-order chi connectivity index (χ0) is 11.6. The van der Waals surface area contributed by atoms with Gasteiger partial charge >= 0.3 is 0 Å². The standard InChI is InChI=1S/C15H15NO/c1-9-5-6-10-7-13-11-3-2-4-12(11)14(13)8-15(10)16(9)17/h5-8,11-12H,2-4H2,1H3. The van der Waals surface area contributed by atoms with Crippen molar-refractivity contribution < 1.29 is 4.73 Å². The SMILES string of the molecule is Cc1ccc2cc3c(cc2[n+]1[O-])C1CCCC31. The Bertz CT molecular complexity index is 632. The van der Waals surface area contributed by atoms with Crippen LogP contribution < -0.4 is 4.73 Å². The van der Waals surface area contributed by atoms with E-state index < -0.39 is 0 Å². The summed E-state index contributed by atoms with van der Waals surface area (Å²) in [5.74, 6) is 1.53. The molecular weight excluding hydrogens is 210 g/mol. The second-order valence-electron chi connectivity index (χ2n) is 5.45. The third kappa shape index (κ3) is 1.08. The van der Waals surface area contributed by atoms with Gasteiger partial charge in [-0.05, 0) is 47.9 Å². The fourth-order valence-electron chi connectivity index (χ4n) is 3.67. The molecule has 1 aromatic carbocycles. The molecule has 0 spiro atoms. The van der Waals surface area contributed by atoms with Gasteiger partial charge in [0.05, 0.1) is 0 Å². The Kier molecular flexibility index (Phi) is 1.67. The first-order chi connectivity index (χ1) is 8.25. The third-order valence-corrected chi connectivity index (χ3v) is 4.59. The minimum atomic E-state index is 0.745. The maximum atomic E-state index is 12.0. The van der Waals surface area contributed by atoms with E-state index in [0.29, 0.717) is 0 Å². The molecule has 17 heavy (non-hydrogen) atoms. The Hall–Kier alpha value is -1.57. The summed E-state index contributed by atoms with van der Waals surface area (Å²) in [5, 5.41) is 13.1. The molecule has 2 aromatic rings. The highest BCUT2D eigenvalue weighted by atomic mass is 16.5. The maximum absolute atomic E-state index is 12.0. The number of hydrogen-bond acceptors (Lipinski definition) is 1. The summed E-state index contributed by atoms with van der Waals surface area (Å²) in [4.78, 5) is 0. The summed E-state index contributed by atoms with van der Waals surface area (Å²) in [5.41, 5.74) is 4.56. The van der Waals surface area contributed by atoms with Crippen LogP contribution in [0.3, 0.4) is 0 Å². The van der Waals surface area contributed by atoms with Crippen LogP contribution in [-0.4, -0.2) is 0 Å². The Morgan fingerprint density at radius 1 is 1.12 bits per heavy atom. The highest BCUT2D eigenvalue weighted by Gasteiger charge is 2.41. The summed E-state index contributed by atoms with van der Waals surface area (Å²) < 4.78 is 1.07. The number of pyridine rings is 1. The first kappa shape index (κ1) is 9.46. The number of nitrogens with zero attached hydrogens (tertiary/aromatic N) is 1. The van der Waals surface area contributed by atoms with Crippen molar-refractivity contribution in [1.29, 1.82) is 0 Å². The van der Waals surface area contributed by atoms with Crippen molar-refractivity contribution in [2.75, 3.05) is 0 Å². The van der Waals surface area contributed by atoms with Crippen molar-refractivity contribution >= 4 is 10.9 Å². The normalized spacial score (nSPS) is 25.5. The summed E-state index contributed by atoms with van der Waals surface area (Å²) in [6, 6.07) is 8.36. The number of rotatable bonds is 0. The first-order valence-corrected chi connectivity index (χ1v) is 6.42. The molecule has 0 aliphatic heterocycles. The molecule has 0 amide bonds. The largest absolute Gasteiger partial charge is 0.618 e. The molecule has 2 nitrogen and oxygen atoms in total. The van der Waals surface area contributed by atoms with Gasteiger partial charge in [-0.15, -0.1) is 0 Å². The van der Waals surface area contributed by atoms with Gasteiger partial charge in [0.25, 0.3) is 0 Å². The van der Waals surface area contributed by atoms with Gasteiger partial charge in [-0.2, -0.15) is 4.73 Å². The van der Waals surface area contributed by atoms with Gasteiger partial charge in [-0.25, -0.2) is 0 Å². The highest BCUT2D eigenvalue weighted by Crippen LogP contribution is 2.56. The molecule has 2 aliphatic carbocycles. The van der Waals surface area contributed by atoms with Crippen LogP contribution in [0.2, 0.25) is 0 Å². The number of hydrogen-bond donors (Lipinski definition) is 0. The minimum absolute atomic E-state index is 0.745. The maximum Gasteiger partial charge on any atom is 0.224 e. The Balaban J connectivity index is 2.01. The van der Waals surface area contributed by atoms with Crippen LogP contribution in [0.5, 0.6) is 0 Å². The Morgan fingerprint density at radius 2 is 1.82 bits per heavy atom. The monoisotopic (exact) mass is 225 g/mol. The van der Waals surface area contributed by atoms with E-state index in [1.54, 1.807) is 0 Å². The molecule has 0 radical (unpaired) electrons. The van der Waals surface area contributed by atoms with Crippen LogP contribution in [0.1, 0.15) is 47.9 Å². The third-order valence-electron chi connectivity index (χ3n) is 4.59. The summed E-state index contributed by atoms with van der Waals surface area (Å²) in [6.07, 6.45) is 4.00. The predicted molar refractivity (Wildman–Crippen MR) is 67.0 cm³/mol. The molecule has 86 valence electrons. The van der Waals surface area contributed by atoms with E-state index in [4.69, 9.17) is 0 Å². The molecule has 0 N–H and O–H groups in total. The number of aromatic nitrogens is 1. The summed E-state index contributed by atoms with van der Waals surface area (Å²) in [7, 11) is 0. The van der Waals surface area contributed by atoms with E-state index in [0.717, 1.165) is 33.2 Å². The van der Waals surface area contributed by atoms with E-state index in [1.807, 2.05) is 13.0 Å². The van der Waals surface area contributed by atoms with Crippen molar-refractivity contribution in [2.45, 2.75) is 38.0 Å². The van der Waals surface area contributed by atoms with Crippen LogP contribution in [-0.2, 0) is 0 Å². The number of fused-ring (bicyclic) bond motifs is 5. The predicted octanol–water partition coefficient (Wildman–Crippen LogP) is 3.15. The molecule has 1 heterocycles. The Morgan fingerprint density at radius 3 is 2.59 bits per heavy atom.